The second-order valence-corrected chi connectivity index (χ2v) is 6.52. The fourth-order valence-corrected chi connectivity index (χ4v) is 3.41. The average molecular weight is 346 g/mol. The summed E-state index contributed by atoms with van der Waals surface area (Å²) in [4.78, 5) is 18.7. The van der Waals surface area contributed by atoms with Gasteiger partial charge in [0.15, 0.2) is 0 Å². The summed E-state index contributed by atoms with van der Waals surface area (Å²) >= 11 is 0. The molecule has 0 bridgehead atoms. The lowest BCUT2D eigenvalue weighted by Gasteiger charge is -2.39. The summed E-state index contributed by atoms with van der Waals surface area (Å²) in [6.07, 6.45) is 0.992. The molecule has 1 aliphatic rings. The maximum Gasteiger partial charge on any atom is 0.244 e. The van der Waals surface area contributed by atoms with Crippen molar-refractivity contribution in [3.8, 4) is 0 Å². The van der Waals surface area contributed by atoms with E-state index >= 15 is 0 Å². The molecule has 2 heterocycles. The minimum absolute atomic E-state index is 0.0766. The van der Waals surface area contributed by atoms with E-state index in [0.29, 0.717) is 36.6 Å². The molecule has 3 rings (SSSR count). The number of nitrogens with zero attached hydrogens (tertiary/aromatic N) is 4. The summed E-state index contributed by atoms with van der Waals surface area (Å²) in [6.45, 7) is 4.21. The largest absolute Gasteiger partial charge is 0.391 e. The number of amides is 1. The normalized spacial score (nSPS) is 20.7. The minimum Gasteiger partial charge on any atom is -0.391 e. The van der Waals surface area contributed by atoms with Crippen LogP contribution in [0.15, 0.2) is 24.3 Å². The lowest BCUT2D eigenvalue weighted by Crippen LogP contribution is -2.53. The fourth-order valence-electron chi connectivity index (χ4n) is 3.41. The van der Waals surface area contributed by atoms with Gasteiger partial charge in [0.25, 0.3) is 0 Å². The Hall–Kier alpha value is -2.28. The third-order valence-corrected chi connectivity index (χ3v) is 4.70. The van der Waals surface area contributed by atoms with E-state index in [-0.39, 0.29) is 18.3 Å². The number of aryl methyl sites for hydroxylation is 2. The van der Waals surface area contributed by atoms with E-state index in [1.54, 1.807) is 41.6 Å². The number of benzene rings is 1. The molecule has 6 nitrogen and oxygen atoms in total. The van der Waals surface area contributed by atoms with Gasteiger partial charge >= 0.3 is 0 Å². The first-order valence-electron chi connectivity index (χ1n) is 8.54. The number of hydrogen-bond acceptors (Lipinski definition) is 4. The number of aliphatic hydroxyl groups excluding tert-OH is 1. The molecule has 2 atom stereocenters. The Morgan fingerprint density at radius 2 is 2.12 bits per heavy atom. The lowest BCUT2D eigenvalue weighted by molar-refractivity contribution is -0.139. The van der Waals surface area contributed by atoms with Crippen LogP contribution in [0.25, 0.3) is 0 Å². The molecule has 1 amide bonds. The van der Waals surface area contributed by atoms with Gasteiger partial charge in [-0.1, -0.05) is 18.2 Å². The molecule has 1 fully saturated rings. The minimum atomic E-state index is -0.657. The van der Waals surface area contributed by atoms with E-state index in [1.807, 2.05) is 0 Å². The number of hydrogen-bond donors (Lipinski definition) is 1. The van der Waals surface area contributed by atoms with Crippen LogP contribution in [0.2, 0.25) is 0 Å². The molecule has 134 valence electrons. The molecule has 7 heteroatoms. The van der Waals surface area contributed by atoms with Gasteiger partial charge in [0, 0.05) is 6.54 Å². The molecule has 0 radical (unpaired) electrons. The third kappa shape index (κ3) is 3.87. The number of carbonyl (C=O) groups is 1. The van der Waals surface area contributed by atoms with Crippen LogP contribution in [0.3, 0.4) is 0 Å². The average Bonchev–Trinajstić information content (AvgIpc) is 2.88. The maximum atomic E-state index is 14.0. The third-order valence-electron chi connectivity index (χ3n) is 4.70. The summed E-state index contributed by atoms with van der Waals surface area (Å²) in [5.41, 5.74) is 0.513. The Labute approximate surface area is 146 Å². The highest BCUT2D eigenvalue weighted by molar-refractivity contribution is 5.76. The van der Waals surface area contributed by atoms with E-state index in [1.165, 1.54) is 6.07 Å². The number of likely N-dealkylation sites (tertiary alicyclic amines) is 1. The van der Waals surface area contributed by atoms with Crippen molar-refractivity contribution in [3.63, 3.8) is 0 Å². The van der Waals surface area contributed by atoms with Gasteiger partial charge in [-0.25, -0.2) is 14.1 Å². The first kappa shape index (κ1) is 17.5. The Morgan fingerprint density at radius 3 is 2.80 bits per heavy atom. The summed E-state index contributed by atoms with van der Waals surface area (Å²) in [5.74, 6) is 0.851. The topological polar surface area (TPSA) is 71.2 Å². The molecule has 1 saturated heterocycles. The van der Waals surface area contributed by atoms with Gasteiger partial charge in [0.1, 0.15) is 24.0 Å². The summed E-state index contributed by atoms with van der Waals surface area (Å²) in [5, 5.41) is 14.6. The highest BCUT2D eigenvalue weighted by atomic mass is 19.1. The zero-order valence-electron chi connectivity index (χ0n) is 14.5. The van der Waals surface area contributed by atoms with Crippen molar-refractivity contribution in [2.45, 2.75) is 51.8 Å². The van der Waals surface area contributed by atoms with Gasteiger partial charge < -0.3 is 10.0 Å². The van der Waals surface area contributed by atoms with Crippen molar-refractivity contribution in [1.29, 1.82) is 0 Å². The highest BCUT2D eigenvalue weighted by Gasteiger charge is 2.34. The smallest absolute Gasteiger partial charge is 0.244 e. The predicted molar refractivity (Wildman–Crippen MR) is 90.3 cm³/mol. The number of aromatic nitrogens is 3. The molecule has 1 N–H and O–H groups in total. The van der Waals surface area contributed by atoms with Crippen LogP contribution >= 0.6 is 0 Å². The molecule has 1 aromatic heterocycles. The number of halogens is 1. The summed E-state index contributed by atoms with van der Waals surface area (Å²) in [7, 11) is 0. The molecule has 0 aliphatic carbocycles. The molecule has 0 unspecified atom stereocenters. The molecule has 1 aliphatic heterocycles. The lowest BCUT2D eigenvalue weighted by atomic mass is 9.92. The number of rotatable bonds is 4. The Bertz CT molecular complexity index is 761. The van der Waals surface area contributed by atoms with Gasteiger partial charge in [-0.3, -0.25) is 4.79 Å². The van der Waals surface area contributed by atoms with Crippen LogP contribution in [0.5, 0.6) is 0 Å². The van der Waals surface area contributed by atoms with Crippen LogP contribution in [-0.4, -0.2) is 49.4 Å². The van der Waals surface area contributed by atoms with Crippen molar-refractivity contribution in [2.24, 2.45) is 0 Å². The molecule has 2 aromatic rings. The second-order valence-electron chi connectivity index (χ2n) is 6.52. The van der Waals surface area contributed by atoms with Gasteiger partial charge in [0.05, 0.1) is 12.1 Å². The van der Waals surface area contributed by atoms with Crippen molar-refractivity contribution >= 4 is 5.91 Å². The van der Waals surface area contributed by atoms with E-state index in [2.05, 4.69) is 10.1 Å². The maximum absolute atomic E-state index is 14.0. The molecular weight excluding hydrogens is 323 g/mol. The second kappa shape index (κ2) is 7.31. The Balaban J connectivity index is 1.78. The predicted octanol–water partition coefficient (Wildman–Crippen LogP) is 1.63. The molecule has 0 saturated carbocycles. The van der Waals surface area contributed by atoms with Gasteiger partial charge in [-0.05, 0) is 44.7 Å². The summed E-state index contributed by atoms with van der Waals surface area (Å²) in [6, 6.07) is 6.07. The fraction of sp³-hybridized carbons (Fsp3) is 0.500. The first-order valence-corrected chi connectivity index (χ1v) is 8.54. The van der Waals surface area contributed by atoms with Crippen LogP contribution in [0.1, 0.15) is 30.1 Å². The van der Waals surface area contributed by atoms with Crippen LogP contribution in [0, 0.1) is 19.7 Å². The molecule has 0 spiro atoms. The number of aliphatic hydroxyl groups is 1. The van der Waals surface area contributed by atoms with Gasteiger partial charge in [-0.2, -0.15) is 5.10 Å². The van der Waals surface area contributed by atoms with Gasteiger partial charge in [-0.15, -0.1) is 0 Å². The molecular formula is C18H23FN4O2. The van der Waals surface area contributed by atoms with Crippen molar-refractivity contribution < 1.29 is 14.3 Å². The van der Waals surface area contributed by atoms with Crippen molar-refractivity contribution in [3.05, 3.63) is 47.3 Å². The van der Waals surface area contributed by atoms with E-state index in [0.717, 1.165) is 6.42 Å². The highest BCUT2D eigenvalue weighted by Crippen LogP contribution is 2.23. The van der Waals surface area contributed by atoms with E-state index in [4.69, 9.17) is 0 Å². The standard InChI is InChI=1S/C18H23FN4O2/c1-12-20-13(2)23(21-12)11-18(25)22-9-5-8-17(24)16(22)10-14-6-3-4-7-15(14)19/h3-4,6-7,16-17,24H,5,8-11H2,1-2H3/t16-,17-/m0/s1. The Kier molecular flexibility index (Phi) is 5.13. The van der Waals surface area contributed by atoms with E-state index < -0.39 is 12.1 Å². The van der Waals surface area contributed by atoms with E-state index in [9.17, 15) is 14.3 Å². The zero-order chi connectivity index (χ0) is 18.0. The van der Waals surface area contributed by atoms with Crippen molar-refractivity contribution in [1.82, 2.24) is 19.7 Å². The van der Waals surface area contributed by atoms with Crippen LogP contribution in [0.4, 0.5) is 4.39 Å². The van der Waals surface area contributed by atoms with Crippen LogP contribution in [-0.2, 0) is 17.8 Å². The zero-order valence-corrected chi connectivity index (χ0v) is 14.5. The molecule has 25 heavy (non-hydrogen) atoms. The number of piperidine rings is 1. The Morgan fingerprint density at radius 1 is 1.36 bits per heavy atom. The number of carbonyl (C=O) groups excluding carboxylic acids is 1. The van der Waals surface area contributed by atoms with Gasteiger partial charge in [0.2, 0.25) is 5.91 Å². The monoisotopic (exact) mass is 346 g/mol. The summed E-state index contributed by atoms with van der Waals surface area (Å²) < 4.78 is 15.6. The first-order chi connectivity index (χ1) is 12.0. The quantitative estimate of drug-likeness (QED) is 0.913. The van der Waals surface area contributed by atoms with Crippen LogP contribution < -0.4 is 0 Å². The van der Waals surface area contributed by atoms with Crippen molar-refractivity contribution in [2.75, 3.05) is 6.54 Å². The molecule has 1 aromatic carbocycles. The SMILES string of the molecule is Cc1nc(C)n(CC(=O)N2CCC[C@H](O)[C@@H]2Cc2ccccc2F)n1.